The van der Waals surface area contributed by atoms with Gasteiger partial charge in [0.05, 0.1) is 9.80 Å². The van der Waals surface area contributed by atoms with Crippen molar-refractivity contribution in [3.63, 3.8) is 0 Å². The van der Waals surface area contributed by atoms with Crippen molar-refractivity contribution in [1.29, 1.82) is 0 Å². The number of nitrogens with zero attached hydrogens (tertiary/aromatic N) is 2. The largest absolute Gasteiger partial charge is 0.331 e. The van der Waals surface area contributed by atoms with E-state index in [1.807, 2.05) is 44.2 Å². The lowest BCUT2D eigenvalue weighted by atomic mass is 10.2. The minimum absolute atomic E-state index is 0.0123. The standard InChI is InChI=1S/C15H16N2O3S/c1-11(2)16(10-12-6-4-3-5-7-12)15(18)13-8-9-14(21-13)17(19)20/h3-9,11H,10H2,1-2H3. The molecule has 6 heteroatoms. The van der Waals surface area contributed by atoms with Crippen molar-refractivity contribution in [2.24, 2.45) is 0 Å². The number of thiophene rings is 1. The van der Waals surface area contributed by atoms with E-state index in [4.69, 9.17) is 0 Å². The zero-order chi connectivity index (χ0) is 15.4. The lowest BCUT2D eigenvalue weighted by Gasteiger charge is -2.26. The highest BCUT2D eigenvalue weighted by molar-refractivity contribution is 7.17. The van der Waals surface area contributed by atoms with Gasteiger partial charge in [-0.1, -0.05) is 41.7 Å². The van der Waals surface area contributed by atoms with Gasteiger partial charge >= 0.3 is 5.00 Å². The maximum atomic E-state index is 12.5. The van der Waals surface area contributed by atoms with Crippen LogP contribution in [0.3, 0.4) is 0 Å². The van der Waals surface area contributed by atoms with Gasteiger partial charge < -0.3 is 4.90 Å². The molecule has 0 spiro atoms. The third-order valence-corrected chi connectivity index (χ3v) is 4.09. The van der Waals surface area contributed by atoms with Crippen LogP contribution in [0.25, 0.3) is 0 Å². The molecule has 1 heterocycles. The predicted molar refractivity (Wildman–Crippen MR) is 82.4 cm³/mol. The van der Waals surface area contributed by atoms with Crippen LogP contribution in [0.5, 0.6) is 0 Å². The third-order valence-electron chi connectivity index (χ3n) is 3.06. The van der Waals surface area contributed by atoms with Crippen LogP contribution in [-0.4, -0.2) is 21.8 Å². The maximum absolute atomic E-state index is 12.5. The zero-order valence-corrected chi connectivity index (χ0v) is 12.7. The summed E-state index contributed by atoms with van der Waals surface area (Å²) in [5.74, 6) is -0.174. The number of benzene rings is 1. The van der Waals surface area contributed by atoms with E-state index >= 15 is 0 Å². The monoisotopic (exact) mass is 304 g/mol. The number of rotatable bonds is 5. The fourth-order valence-electron chi connectivity index (χ4n) is 1.95. The van der Waals surface area contributed by atoms with E-state index in [1.165, 1.54) is 12.1 Å². The Morgan fingerprint density at radius 3 is 2.43 bits per heavy atom. The van der Waals surface area contributed by atoms with Crippen molar-refractivity contribution >= 4 is 22.2 Å². The molecule has 0 radical (unpaired) electrons. The van der Waals surface area contributed by atoms with Crippen LogP contribution in [0.15, 0.2) is 42.5 Å². The Labute approximate surface area is 127 Å². The average Bonchev–Trinajstić information content (AvgIpc) is 2.95. The summed E-state index contributed by atoms with van der Waals surface area (Å²) in [7, 11) is 0. The Bertz CT molecular complexity index is 637. The molecule has 0 fully saturated rings. The van der Waals surface area contributed by atoms with Crippen LogP contribution < -0.4 is 0 Å². The smallest absolute Gasteiger partial charge is 0.324 e. The minimum Gasteiger partial charge on any atom is -0.331 e. The molecule has 0 unspecified atom stereocenters. The summed E-state index contributed by atoms with van der Waals surface area (Å²) in [6, 6.07) is 12.6. The SMILES string of the molecule is CC(C)N(Cc1ccccc1)C(=O)c1ccc([N+](=O)[O-])s1. The maximum Gasteiger partial charge on any atom is 0.324 e. The minimum atomic E-state index is -0.474. The second-order valence-electron chi connectivity index (χ2n) is 4.91. The number of amides is 1. The highest BCUT2D eigenvalue weighted by Crippen LogP contribution is 2.26. The van der Waals surface area contributed by atoms with Gasteiger partial charge in [0.15, 0.2) is 0 Å². The molecule has 1 aromatic heterocycles. The number of hydrogen-bond donors (Lipinski definition) is 0. The molecule has 110 valence electrons. The molecular formula is C15H16N2O3S. The van der Waals surface area contributed by atoms with E-state index in [9.17, 15) is 14.9 Å². The molecule has 0 aliphatic rings. The first-order valence-electron chi connectivity index (χ1n) is 6.58. The molecule has 0 aliphatic carbocycles. The summed E-state index contributed by atoms with van der Waals surface area (Å²) in [6.07, 6.45) is 0. The molecule has 5 nitrogen and oxygen atoms in total. The number of nitro groups is 1. The van der Waals surface area contributed by atoms with Gasteiger partial charge in [0.25, 0.3) is 5.91 Å². The Hall–Kier alpha value is -2.21. The average molecular weight is 304 g/mol. The first-order chi connectivity index (χ1) is 9.99. The molecule has 0 saturated carbocycles. The lowest BCUT2D eigenvalue weighted by Crippen LogP contribution is -2.35. The van der Waals surface area contributed by atoms with E-state index in [0.717, 1.165) is 16.9 Å². The van der Waals surface area contributed by atoms with E-state index < -0.39 is 4.92 Å². The molecule has 0 aliphatic heterocycles. The van der Waals surface area contributed by atoms with Gasteiger partial charge in [0, 0.05) is 18.7 Å². The normalized spacial score (nSPS) is 10.6. The molecule has 1 aromatic carbocycles. The molecule has 21 heavy (non-hydrogen) atoms. The number of hydrogen-bond acceptors (Lipinski definition) is 4. The van der Waals surface area contributed by atoms with Crippen LogP contribution in [0, 0.1) is 10.1 Å². The summed E-state index contributed by atoms with van der Waals surface area (Å²) in [5, 5.41) is 10.7. The van der Waals surface area contributed by atoms with Crippen molar-refractivity contribution in [2.45, 2.75) is 26.4 Å². The van der Waals surface area contributed by atoms with Crippen LogP contribution in [0.2, 0.25) is 0 Å². The summed E-state index contributed by atoms with van der Waals surface area (Å²) < 4.78 is 0. The molecule has 0 bridgehead atoms. The van der Waals surface area contributed by atoms with Crippen LogP contribution in [0.1, 0.15) is 29.1 Å². The third kappa shape index (κ3) is 3.66. The fraction of sp³-hybridized carbons (Fsp3) is 0.267. The van der Waals surface area contributed by atoms with Gasteiger partial charge in [0.1, 0.15) is 0 Å². The molecule has 2 aromatic rings. The summed E-state index contributed by atoms with van der Waals surface area (Å²) >= 11 is 0.915. The Morgan fingerprint density at radius 2 is 1.90 bits per heavy atom. The molecule has 2 rings (SSSR count). The van der Waals surface area contributed by atoms with Gasteiger partial charge in [-0.3, -0.25) is 14.9 Å². The van der Waals surface area contributed by atoms with Gasteiger partial charge in [-0.25, -0.2) is 0 Å². The lowest BCUT2D eigenvalue weighted by molar-refractivity contribution is -0.380. The number of carbonyl (C=O) groups is 1. The van der Waals surface area contributed by atoms with E-state index in [-0.39, 0.29) is 17.0 Å². The molecule has 1 amide bonds. The van der Waals surface area contributed by atoms with Crippen molar-refractivity contribution < 1.29 is 9.72 Å². The second-order valence-corrected chi connectivity index (χ2v) is 5.97. The van der Waals surface area contributed by atoms with Crippen molar-refractivity contribution in [3.05, 3.63) is 63.0 Å². The Balaban J connectivity index is 2.21. The fourth-order valence-corrected chi connectivity index (χ4v) is 2.73. The Kier molecular flexibility index (Phi) is 4.70. The van der Waals surface area contributed by atoms with Crippen molar-refractivity contribution in [1.82, 2.24) is 4.90 Å². The highest BCUT2D eigenvalue weighted by atomic mass is 32.1. The summed E-state index contributed by atoms with van der Waals surface area (Å²) in [5.41, 5.74) is 1.03. The van der Waals surface area contributed by atoms with Gasteiger partial charge in [-0.2, -0.15) is 0 Å². The summed E-state index contributed by atoms with van der Waals surface area (Å²) in [4.78, 5) is 24.9. The van der Waals surface area contributed by atoms with E-state index in [1.54, 1.807) is 4.90 Å². The second kappa shape index (κ2) is 6.49. The van der Waals surface area contributed by atoms with Gasteiger partial charge in [-0.05, 0) is 25.5 Å². The quantitative estimate of drug-likeness (QED) is 0.625. The molecular weight excluding hydrogens is 288 g/mol. The van der Waals surface area contributed by atoms with E-state index in [2.05, 4.69) is 0 Å². The van der Waals surface area contributed by atoms with Crippen molar-refractivity contribution in [3.8, 4) is 0 Å². The summed E-state index contributed by atoms with van der Waals surface area (Å²) in [6.45, 7) is 4.36. The van der Waals surface area contributed by atoms with Crippen LogP contribution >= 0.6 is 11.3 Å². The van der Waals surface area contributed by atoms with Gasteiger partial charge in [-0.15, -0.1) is 0 Å². The molecule has 0 saturated heterocycles. The Morgan fingerprint density at radius 1 is 1.24 bits per heavy atom. The topological polar surface area (TPSA) is 63.5 Å². The molecule has 0 atom stereocenters. The van der Waals surface area contributed by atoms with Crippen LogP contribution in [-0.2, 0) is 6.54 Å². The predicted octanol–water partition coefficient (Wildman–Crippen LogP) is 3.71. The van der Waals surface area contributed by atoms with Crippen molar-refractivity contribution in [2.75, 3.05) is 0 Å². The molecule has 0 N–H and O–H groups in total. The van der Waals surface area contributed by atoms with Gasteiger partial charge in [0.2, 0.25) is 0 Å². The zero-order valence-electron chi connectivity index (χ0n) is 11.9. The number of carbonyl (C=O) groups excluding carboxylic acids is 1. The first-order valence-corrected chi connectivity index (χ1v) is 7.40. The van der Waals surface area contributed by atoms with Crippen LogP contribution in [0.4, 0.5) is 5.00 Å². The highest BCUT2D eigenvalue weighted by Gasteiger charge is 2.22. The van der Waals surface area contributed by atoms with E-state index in [0.29, 0.717) is 11.4 Å². The first kappa shape index (κ1) is 15.2.